The van der Waals surface area contributed by atoms with E-state index < -0.39 is 0 Å². The Morgan fingerprint density at radius 2 is 1.88 bits per heavy atom. The first-order chi connectivity index (χ1) is 16.3. The second-order valence-corrected chi connectivity index (χ2v) is 11.3. The molecule has 0 aromatic heterocycles. The van der Waals surface area contributed by atoms with Gasteiger partial charge in [0.25, 0.3) is 5.91 Å². The zero-order valence-electron chi connectivity index (χ0n) is 21.1. The molecule has 34 heavy (non-hydrogen) atoms. The summed E-state index contributed by atoms with van der Waals surface area (Å²) >= 11 is 6.41. The zero-order chi connectivity index (χ0) is 24.3. The molecule has 1 saturated carbocycles. The van der Waals surface area contributed by atoms with Crippen molar-refractivity contribution in [3.05, 3.63) is 46.5 Å². The van der Waals surface area contributed by atoms with E-state index in [-0.39, 0.29) is 11.8 Å². The largest absolute Gasteiger partial charge is 0.340 e. The summed E-state index contributed by atoms with van der Waals surface area (Å²) in [7, 11) is 0. The lowest BCUT2D eigenvalue weighted by Gasteiger charge is -2.57. The van der Waals surface area contributed by atoms with Gasteiger partial charge in [-0.2, -0.15) is 0 Å². The fourth-order valence-corrected chi connectivity index (χ4v) is 6.12. The van der Waals surface area contributed by atoms with E-state index >= 15 is 0 Å². The van der Waals surface area contributed by atoms with Crippen LogP contribution in [0.3, 0.4) is 0 Å². The molecule has 2 atom stereocenters. The molecular formula is C28H40ClN3O2. The molecule has 1 heterocycles. The van der Waals surface area contributed by atoms with Gasteiger partial charge in [-0.3, -0.25) is 14.5 Å². The first-order valence-electron chi connectivity index (χ1n) is 13.0. The molecule has 5 rings (SSSR count). The Hall–Kier alpha value is -1.85. The van der Waals surface area contributed by atoms with Gasteiger partial charge >= 0.3 is 0 Å². The number of benzene rings is 1. The number of hydrogen-bond donors (Lipinski definition) is 0. The normalized spacial score (nSPS) is 23.8. The van der Waals surface area contributed by atoms with Crippen molar-refractivity contribution in [2.24, 2.45) is 17.3 Å². The quantitative estimate of drug-likeness (QED) is 0.456. The summed E-state index contributed by atoms with van der Waals surface area (Å²) in [6.07, 6.45) is 7.44. The number of carbonyl (C=O) groups is 2. The summed E-state index contributed by atoms with van der Waals surface area (Å²) in [5.41, 5.74) is 2.33. The van der Waals surface area contributed by atoms with Gasteiger partial charge in [-0.15, -0.1) is 0 Å². The summed E-state index contributed by atoms with van der Waals surface area (Å²) in [5.74, 6) is 1.65. The number of halogens is 1. The Kier molecular flexibility index (Phi) is 8.04. The summed E-state index contributed by atoms with van der Waals surface area (Å²) in [5, 5.41) is 0.512. The summed E-state index contributed by atoms with van der Waals surface area (Å²) in [6.45, 7) is 12.3. The third-order valence-electron chi connectivity index (χ3n) is 8.50. The molecular weight excluding hydrogens is 446 g/mol. The van der Waals surface area contributed by atoms with Crippen LogP contribution < -0.4 is 0 Å². The number of carbonyl (C=O) groups excluding carboxylic acids is 2. The number of hydrogen-bond acceptors (Lipinski definition) is 3. The third kappa shape index (κ3) is 5.36. The highest BCUT2D eigenvalue weighted by molar-refractivity contribution is 6.33. The Morgan fingerprint density at radius 3 is 2.53 bits per heavy atom. The first-order valence-corrected chi connectivity index (χ1v) is 13.4. The van der Waals surface area contributed by atoms with E-state index in [0.717, 1.165) is 57.9 Å². The molecule has 0 radical (unpaired) electrons. The van der Waals surface area contributed by atoms with Gasteiger partial charge in [0.2, 0.25) is 5.91 Å². The smallest absolute Gasteiger partial charge is 0.255 e. The number of amides is 2. The minimum atomic E-state index is 0.0131. The Labute approximate surface area is 210 Å². The molecule has 2 unspecified atom stereocenters. The van der Waals surface area contributed by atoms with Gasteiger partial charge in [0, 0.05) is 52.2 Å². The molecule has 186 valence electrons. The van der Waals surface area contributed by atoms with Crippen LogP contribution in [0.2, 0.25) is 5.02 Å². The monoisotopic (exact) mass is 485 g/mol. The van der Waals surface area contributed by atoms with E-state index in [1.165, 1.54) is 12.0 Å². The van der Waals surface area contributed by atoms with Crippen LogP contribution in [0.5, 0.6) is 0 Å². The van der Waals surface area contributed by atoms with Gasteiger partial charge < -0.3 is 9.80 Å². The second kappa shape index (κ2) is 10.8. The summed E-state index contributed by atoms with van der Waals surface area (Å²) < 4.78 is 0. The third-order valence-corrected chi connectivity index (χ3v) is 8.83. The lowest BCUT2D eigenvalue weighted by Crippen LogP contribution is -2.52. The fourth-order valence-electron chi connectivity index (χ4n) is 5.90. The van der Waals surface area contributed by atoms with E-state index in [2.05, 4.69) is 31.7 Å². The van der Waals surface area contributed by atoms with Crippen molar-refractivity contribution in [1.29, 1.82) is 0 Å². The molecule has 1 saturated heterocycles. The fraction of sp³-hybridized carbons (Fsp3) is 0.643. The van der Waals surface area contributed by atoms with E-state index in [1.54, 1.807) is 6.07 Å². The molecule has 2 amide bonds. The second-order valence-electron chi connectivity index (χ2n) is 10.9. The highest BCUT2D eigenvalue weighted by Crippen LogP contribution is 2.59. The SMILES string of the molecule is CCCCC(=O)N1CCN(CCN(CC2=CCC3CC2C3(C)C)C(=O)c2ccccc2Cl)CC1. The summed E-state index contributed by atoms with van der Waals surface area (Å²) in [6, 6.07) is 7.37. The van der Waals surface area contributed by atoms with E-state index in [0.29, 0.717) is 41.4 Å². The topological polar surface area (TPSA) is 43.9 Å². The number of piperazine rings is 1. The van der Waals surface area contributed by atoms with Gasteiger partial charge in [-0.25, -0.2) is 0 Å². The van der Waals surface area contributed by atoms with Crippen LogP contribution in [-0.2, 0) is 4.79 Å². The highest BCUT2D eigenvalue weighted by atomic mass is 35.5. The molecule has 6 heteroatoms. The number of allylic oxidation sites excluding steroid dienone is 1. The van der Waals surface area contributed by atoms with E-state index in [4.69, 9.17) is 11.6 Å². The molecule has 4 aliphatic rings. The molecule has 1 aromatic rings. The first kappa shape index (κ1) is 25.2. The van der Waals surface area contributed by atoms with Crippen molar-refractivity contribution in [3.8, 4) is 0 Å². The predicted molar refractivity (Wildman–Crippen MR) is 138 cm³/mol. The van der Waals surface area contributed by atoms with Crippen LogP contribution in [0.25, 0.3) is 0 Å². The Bertz CT molecular complexity index is 920. The average Bonchev–Trinajstić information content (AvgIpc) is 2.85. The van der Waals surface area contributed by atoms with Gasteiger partial charge in [0.1, 0.15) is 0 Å². The molecule has 0 N–H and O–H groups in total. The van der Waals surface area contributed by atoms with Crippen molar-refractivity contribution in [2.75, 3.05) is 45.8 Å². The van der Waals surface area contributed by atoms with Crippen molar-refractivity contribution < 1.29 is 9.59 Å². The Morgan fingerprint density at radius 1 is 1.15 bits per heavy atom. The number of unbranched alkanes of at least 4 members (excludes halogenated alkanes) is 1. The Balaban J connectivity index is 1.39. The standard InChI is InChI=1S/C28H40ClN3O2/c1-4-5-10-26(33)31-16-13-30(14-17-31)15-18-32(27(34)23-8-6-7-9-25(23)29)20-21-11-12-22-19-24(21)28(22,2)3/h6-9,11,22,24H,4-5,10,12-20H2,1-3H3. The van der Waals surface area contributed by atoms with Crippen LogP contribution in [0.4, 0.5) is 0 Å². The van der Waals surface area contributed by atoms with Crippen molar-refractivity contribution in [1.82, 2.24) is 14.7 Å². The minimum absolute atomic E-state index is 0.0131. The predicted octanol–water partition coefficient (Wildman–Crippen LogP) is 5.11. The van der Waals surface area contributed by atoms with Crippen LogP contribution in [0.1, 0.15) is 63.2 Å². The van der Waals surface area contributed by atoms with Crippen LogP contribution in [0.15, 0.2) is 35.9 Å². The highest BCUT2D eigenvalue weighted by Gasteiger charge is 2.51. The number of rotatable bonds is 9. The van der Waals surface area contributed by atoms with E-state index in [1.807, 2.05) is 28.0 Å². The average molecular weight is 486 g/mol. The van der Waals surface area contributed by atoms with Gasteiger partial charge in [-0.1, -0.05) is 62.6 Å². The van der Waals surface area contributed by atoms with Crippen molar-refractivity contribution in [2.45, 2.75) is 52.9 Å². The molecule has 1 aromatic carbocycles. The van der Waals surface area contributed by atoms with Crippen LogP contribution in [0, 0.1) is 17.3 Å². The van der Waals surface area contributed by atoms with Gasteiger partial charge in [0.05, 0.1) is 10.6 Å². The minimum Gasteiger partial charge on any atom is -0.340 e. The van der Waals surface area contributed by atoms with Crippen molar-refractivity contribution >= 4 is 23.4 Å². The maximum atomic E-state index is 13.6. The number of nitrogens with zero attached hydrogens (tertiary/aromatic N) is 3. The lowest BCUT2D eigenvalue weighted by molar-refractivity contribution is -0.133. The molecule has 5 nitrogen and oxygen atoms in total. The zero-order valence-corrected chi connectivity index (χ0v) is 21.8. The van der Waals surface area contributed by atoms with Gasteiger partial charge in [-0.05, 0) is 48.6 Å². The number of fused-ring (bicyclic) bond motifs is 1. The maximum absolute atomic E-state index is 13.6. The van der Waals surface area contributed by atoms with Gasteiger partial charge in [0.15, 0.2) is 0 Å². The molecule has 1 aliphatic heterocycles. The van der Waals surface area contributed by atoms with Crippen LogP contribution >= 0.6 is 11.6 Å². The summed E-state index contributed by atoms with van der Waals surface area (Å²) in [4.78, 5) is 32.3. The lowest BCUT2D eigenvalue weighted by atomic mass is 9.49. The van der Waals surface area contributed by atoms with E-state index in [9.17, 15) is 9.59 Å². The van der Waals surface area contributed by atoms with Crippen LogP contribution in [-0.4, -0.2) is 72.3 Å². The molecule has 3 aliphatic carbocycles. The molecule has 2 bridgehead atoms. The van der Waals surface area contributed by atoms with Crippen molar-refractivity contribution in [3.63, 3.8) is 0 Å². The molecule has 0 spiro atoms. The molecule has 2 fully saturated rings. The maximum Gasteiger partial charge on any atom is 0.255 e.